The monoisotopic (exact) mass is 312 g/mol. The van der Waals surface area contributed by atoms with E-state index in [1.807, 2.05) is 0 Å². The molecule has 2 aliphatic heterocycles. The second-order valence-electron chi connectivity index (χ2n) is 7.74. The van der Waals surface area contributed by atoms with Gasteiger partial charge in [-0.1, -0.05) is 20.3 Å². The molecule has 2 saturated heterocycles. The van der Waals surface area contributed by atoms with Crippen LogP contribution in [0.5, 0.6) is 0 Å². The molecule has 0 atom stereocenters. The average molecular weight is 312 g/mol. The van der Waals surface area contributed by atoms with E-state index in [2.05, 4.69) is 13.8 Å². The molecular weight excluding hydrogens is 280 g/mol. The first-order valence-corrected chi connectivity index (χ1v) is 9.09. The van der Waals surface area contributed by atoms with Crippen molar-refractivity contribution in [2.24, 2.45) is 10.8 Å². The predicted octanol–water partition coefficient (Wildman–Crippen LogP) is 3.53. The van der Waals surface area contributed by atoms with Crippen LogP contribution in [0.15, 0.2) is 0 Å². The zero-order valence-electron chi connectivity index (χ0n) is 14.3. The van der Waals surface area contributed by atoms with Crippen molar-refractivity contribution in [3.63, 3.8) is 0 Å². The first-order chi connectivity index (χ1) is 10.7. The van der Waals surface area contributed by atoms with E-state index in [0.717, 1.165) is 65.3 Å². The van der Waals surface area contributed by atoms with Crippen molar-refractivity contribution in [2.75, 3.05) is 39.6 Å². The Bertz CT molecular complexity index is 315. The third-order valence-electron chi connectivity index (χ3n) is 6.03. The van der Waals surface area contributed by atoms with E-state index in [9.17, 15) is 0 Å². The lowest BCUT2D eigenvalue weighted by Crippen LogP contribution is -2.52. The quantitative estimate of drug-likeness (QED) is 0.643. The van der Waals surface area contributed by atoms with Crippen LogP contribution >= 0.6 is 0 Å². The van der Waals surface area contributed by atoms with Crippen molar-refractivity contribution in [3.05, 3.63) is 0 Å². The van der Waals surface area contributed by atoms with Gasteiger partial charge in [-0.2, -0.15) is 0 Å². The molecule has 1 saturated carbocycles. The highest BCUT2D eigenvalue weighted by Crippen LogP contribution is 2.40. The van der Waals surface area contributed by atoms with Gasteiger partial charge in [0.1, 0.15) is 0 Å². The van der Waals surface area contributed by atoms with Crippen LogP contribution in [0.2, 0.25) is 0 Å². The van der Waals surface area contributed by atoms with Crippen molar-refractivity contribution < 1.29 is 18.9 Å². The fourth-order valence-corrected chi connectivity index (χ4v) is 3.55. The summed E-state index contributed by atoms with van der Waals surface area (Å²) in [6, 6.07) is 0. The Morgan fingerprint density at radius 1 is 0.727 bits per heavy atom. The minimum atomic E-state index is -0.353. The van der Waals surface area contributed by atoms with E-state index < -0.39 is 0 Å². The summed E-state index contributed by atoms with van der Waals surface area (Å²) in [6.07, 6.45) is 8.04. The summed E-state index contributed by atoms with van der Waals surface area (Å²) >= 11 is 0. The summed E-state index contributed by atoms with van der Waals surface area (Å²) in [7, 11) is 0. The van der Waals surface area contributed by atoms with Gasteiger partial charge in [-0.25, -0.2) is 0 Å². The van der Waals surface area contributed by atoms with Crippen molar-refractivity contribution in [1.29, 1.82) is 0 Å². The molecule has 0 aromatic rings. The number of ether oxygens (including phenoxy) is 4. The van der Waals surface area contributed by atoms with E-state index >= 15 is 0 Å². The normalized spacial score (nSPS) is 28.6. The van der Waals surface area contributed by atoms with E-state index in [1.54, 1.807) is 0 Å². The third-order valence-corrected chi connectivity index (χ3v) is 6.03. The fraction of sp³-hybridized carbons (Fsp3) is 1.00. The molecule has 3 fully saturated rings. The highest BCUT2D eigenvalue weighted by molar-refractivity contribution is 4.88. The molecule has 0 bridgehead atoms. The summed E-state index contributed by atoms with van der Waals surface area (Å²) < 4.78 is 23.7. The first kappa shape index (κ1) is 16.7. The molecule has 3 aliphatic rings. The summed E-state index contributed by atoms with van der Waals surface area (Å²) in [5.74, 6) is -0.353. The molecule has 0 amide bonds. The van der Waals surface area contributed by atoms with Crippen LogP contribution in [-0.2, 0) is 18.9 Å². The second kappa shape index (κ2) is 6.76. The van der Waals surface area contributed by atoms with Crippen LogP contribution in [0.25, 0.3) is 0 Å². The zero-order valence-corrected chi connectivity index (χ0v) is 14.3. The molecule has 2 heterocycles. The van der Waals surface area contributed by atoms with Gasteiger partial charge in [-0.3, -0.25) is 0 Å². The predicted molar refractivity (Wildman–Crippen MR) is 84.8 cm³/mol. The van der Waals surface area contributed by atoms with Crippen LogP contribution < -0.4 is 0 Å². The van der Waals surface area contributed by atoms with Crippen molar-refractivity contribution in [3.8, 4) is 0 Å². The first-order valence-electron chi connectivity index (χ1n) is 9.09. The van der Waals surface area contributed by atoms with Gasteiger partial charge in [0.05, 0.1) is 39.6 Å². The lowest BCUT2D eigenvalue weighted by Gasteiger charge is -2.47. The Morgan fingerprint density at radius 2 is 1.18 bits per heavy atom. The van der Waals surface area contributed by atoms with Gasteiger partial charge in [0.25, 0.3) is 0 Å². The summed E-state index contributed by atoms with van der Waals surface area (Å²) in [5.41, 5.74) is 0.464. The molecule has 4 nitrogen and oxygen atoms in total. The Hall–Kier alpha value is -0.160. The molecule has 3 rings (SSSR count). The average Bonchev–Trinajstić information content (AvgIpc) is 2.47. The minimum absolute atomic E-state index is 0.232. The highest BCUT2D eigenvalue weighted by atomic mass is 16.7. The summed E-state index contributed by atoms with van der Waals surface area (Å²) in [6.45, 7) is 9.38. The lowest BCUT2D eigenvalue weighted by molar-refractivity contribution is -0.301. The topological polar surface area (TPSA) is 36.9 Å². The zero-order chi connectivity index (χ0) is 15.5. The largest absolute Gasteiger partial charge is 0.380 e. The Balaban J connectivity index is 1.57. The van der Waals surface area contributed by atoms with Crippen LogP contribution in [0, 0.1) is 10.8 Å². The van der Waals surface area contributed by atoms with Gasteiger partial charge >= 0.3 is 0 Å². The molecule has 4 heteroatoms. The standard InChI is InChI=1S/C18H32O4/c1-3-16(10-19-11-16)14-21-18(8-6-5-7-9-18)22-15-17(4-2)12-20-13-17/h3-15H2,1-2H3. The van der Waals surface area contributed by atoms with Crippen LogP contribution in [0.4, 0.5) is 0 Å². The maximum atomic E-state index is 6.43. The van der Waals surface area contributed by atoms with Crippen molar-refractivity contribution in [1.82, 2.24) is 0 Å². The van der Waals surface area contributed by atoms with Gasteiger partial charge in [-0.05, 0) is 25.7 Å². The maximum Gasteiger partial charge on any atom is 0.168 e. The number of hydrogen-bond acceptors (Lipinski definition) is 4. The van der Waals surface area contributed by atoms with Crippen LogP contribution in [-0.4, -0.2) is 45.4 Å². The molecule has 0 aromatic carbocycles. The third kappa shape index (κ3) is 3.35. The number of rotatable bonds is 8. The van der Waals surface area contributed by atoms with Crippen molar-refractivity contribution in [2.45, 2.75) is 64.6 Å². The molecule has 22 heavy (non-hydrogen) atoms. The summed E-state index contributed by atoms with van der Waals surface area (Å²) in [5, 5.41) is 0. The molecule has 128 valence electrons. The SMILES string of the molecule is CCC1(COC2(OCC3(CC)COC3)CCCCC2)COC1. The lowest BCUT2D eigenvalue weighted by atomic mass is 9.83. The molecule has 0 radical (unpaired) electrons. The Morgan fingerprint density at radius 3 is 1.50 bits per heavy atom. The van der Waals surface area contributed by atoms with Crippen LogP contribution in [0.1, 0.15) is 58.8 Å². The number of hydrogen-bond donors (Lipinski definition) is 0. The molecule has 0 unspecified atom stereocenters. The molecule has 0 spiro atoms. The van der Waals surface area contributed by atoms with Gasteiger partial charge in [0.15, 0.2) is 5.79 Å². The van der Waals surface area contributed by atoms with Crippen molar-refractivity contribution >= 4 is 0 Å². The van der Waals surface area contributed by atoms with Gasteiger partial charge < -0.3 is 18.9 Å². The molecule has 0 aromatic heterocycles. The van der Waals surface area contributed by atoms with E-state index in [1.165, 1.54) is 19.3 Å². The highest BCUT2D eigenvalue weighted by Gasteiger charge is 2.44. The van der Waals surface area contributed by atoms with E-state index in [4.69, 9.17) is 18.9 Å². The van der Waals surface area contributed by atoms with Crippen LogP contribution in [0.3, 0.4) is 0 Å². The molecular formula is C18H32O4. The fourth-order valence-electron chi connectivity index (χ4n) is 3.55. The van der Waals surface area contributed by atoms with Gasteiger partial charge in [-0.15, -0.1) is 0 Å². The summed E-state index contributed by atoms with van der Waals surface area (Å²) in [4.78, 5) is 0. The maximum absolute atomic E-state index is 6.43. The van der Waals surface area contributed by atoms with E-state index in [0.29, 0.717) is 0 Å². The van der Waals surface area contributed by atoms with Gasteiger partial charge in [0, 0.05) is 23.7 Å². The van der Waals surface area contributed by atoms with Gasteiger partial charge in [0.2, 0.25) is 0 Å². The minimum Gasteiger partial charge on any atom is -0.380 e. The van der Waals surface area contributed by atoms with E-state index in [-0.39, 0.29) is 16.6 Å². The Kier molecular flexibility index (Phi) is 5.13. The Labute approximate surface area is 134 Å². The smallest absolute Gasteiger partial charge is 0.168 e. The molecule has 0 N–H and O–H groups in total. The molecule has 1 aliphatic carbocycles. The second-order valence-corrected chi connectivity index (χ2v) is 7.74.